The zero-order valence-corrected chi connectivity index (χ0v) is 9.90. The maximum atomic E-state index is 11.1. The number of carboxylic acids is 1. The number of carboxylic acid groups (broad SMARTS) is 1. The van der Waals surface area contributed by atoms with Crippen molar-refractivity contribution in [1.29, 1.82) is 0 Å². The molecule has 1 N–H and O–H groups in total. The van der Waals surface area contributed by atoms with Gasteiger partial charge in [-0.2, -0.15) is 5.10 Å². The summed E-state index contributed by atoms with van der Waals surface area (Å²) in [5.74, 6) is -0.503. The van der Waals surface area contributed by atoms with E-state index in [1.807, 2.05) is 13.1 Å². The summed E-state index contributed by atoms with van der Waals surface area (Å²) in [6, 6.07) is 1.87. The van der Waals surface area contributed by atoms with Crippen molar-refractivity contribution in [3.05, 3.63) is 17.5 Å². The van der Waals surface area contributed by atoms with E-state index in [0.717, 1.165) is 5.69 Å². The average molecular weight is 210 g/mol. The second-order valence-corrected chi connectivity index (χ2v) is 4.66. The average Bonchev–Trinajstić information content (AvgIpc) is 2.47. The van der Waals surface area contributed by atoms with Crippen LogP contribution in [-0.4, -0.2) is 20.9 Å². The van der Waals surface area contributed by atoms with E-state index in [4.69, 9.17) is 5.11 Å². The van der Waals surface area contributed by atoms with E-state index in [0.29, 0.717) is 11.6 Å². The van der Waals surface area contributed by atoms with Gasteiger partial charge in [0.25, 0.3) is 0 Å². The zero-order chi connectivity index (χ0) is 11.8. The highest BCUT2D eigenvalue weighted by Gasteiger charge is 2.32. The molecule has 0 atom stereocenters. The van der Waals surface area contributed by atoms with Crippen molar-refractivity contribution < 1.29 is 9.90 Å². The second kappa shape index (κ2) is 3.68. The number of aromatic nitrogens is 2. The minimum Gasteiger partial charge on any atom is -0.481 e. The predicted molar refractivity (Wildman–Crippen MR) is 58.0 cm³/mol. The number of aliphatic carboxylic acids is 1. The first-order valence-corrected chi connectivity index (χ1v) is 5.04. The fraction of sp³-hybridized carbons (Fsp3) is 0.636. The highest BCUT2D eigenvalue weighted by atomic mass is 16.4. The summed E-state index contributed by atoms with van der Waals surface area (Å²) in [4.78, 5) is 11.1. The highest BCUT2D eigenvalue weighted by molar-refractivity contribution is 5.79. The molecule has 0 aliphatic heterocycles. The van der Waals surface area contributed by atoms with Gasteiger partial charge in [-0.25, -0.2) is 0 Å². The van der Waals surface area contributed by atoms with Gasteiger partial charge in [-0.1, -0.05) is 13.8 Å². The molecule has 0 aliphatic rings. The molecule has 0 amide bonds. The maximum absolute atomic E-state index is 11.1. The van der Waals surface area contributed by atoms with Crippen LogP contribution in [0.3, 0.4) is 0 Å². The molecule has 0 saturated heterocycles. The van der Waals surface area contributed by atoms with Crippen molar-refractivity contribution in [2.45, 2.75) is 39.0 Å². The molecule has 0 unspecified atom stereocenters. The molecule has 0 spiro atoms. The lowest BCUT2D eigenvalue weighted by molar-refractivity contribution is -0.142. The third kappa shape index (κ3) is 2.03. The molecule has 0 bridgehead atoms. The summed E-state index contributed by atoms with van der Waals surface area (Å²) in [6.07, 6.45) is 0. The Labute approximate surface area is 89.9 Å². The lowest BCUT2D eigenvalue weighted by atomic mass is 9.89. The minimum absolute atomic E-state index is 0.348. The zero-order valence-electron chi connectivity index (χ0n) is 9.90. The Balaban J connectivity index is 3.18. The molecule has 84 valence electrons. The molecule has 0 saturated carbocycles. The Kier molecular flexibility index (Phi) is 2.88. The van der Waals surface area contributed by atoms with E-state index in [2.05, 4.69) is 18.9 Å². The van der Waals surface area contributed by atoms with Gasteiger partial charge in [0.2, 0.25) is 0 Å². The smallest absolute Gasteiger partial charge is 0.315 e. The van der Waals surface area contributed by atoms with Crippen LogP contribution < -0.4 is 0 Å². The van der Waals surface area contributed by atoms with Gasteiger partial charge in [0.1, 0.15) is 5.41 Å². The highest BCUT2D eigenvalue weighted by Crippen LogP contribution is 2.25. The fourth-order valence-electron chi connectivity index (χ4n) is 1.44. The largest absolute Gasteiger partial charge is 0.481 e. The van der Waals surface area contributed by atoms with Crippen molar-refractivity contribution in [3.63, 3.8) is 0 Å². The van der Waals surface area contributed by atoms with Gasteiger partial charge in [-0.3, -0.25) is 9.48 Å². The summed E-state index contributed by atoms with van der Waals surface area (Å²) in [7, 11) is 1.84. The van der Waals surface area contributed by atoms with Crippen molar-refractivity contribution in [1.82, 2.24) is 9.78 Å². The van der Waals surface area contributed by atoms with Gasteiger partial charge < -0.3 is 5.11 Å². The van der Waals surface area contributed by atoms with E-state index < -0.39 is 11.4 Å². The molecule has 4 heteroatoms. The molecule has 0 aliphatic carbocycles. The summed E-state index contributed by atoms with van der Waals surface area (Å²) < 4.78 is 1.75. The van der Waals surface area contributed by atoms with Crippen LogP contribution in [0.4, 0.5) is 0 Å². The van der Waals surface area contributed by atoms with E-state index in [1.54, 1.807) is 18.5 Å². The van der Waals surface area contributed by atoms with Gasteiger partial charge in [0.15, 0.2) is 0 Å². The molecule has 0 aromatic carbocycles. The number of hydrogen-bond acceptors (Lipinski definition) is 2. The topological polar surface area (TPSA) is 55.1 Å². The SMILES string of the molecule is CC(C)c1cc(C(C)(C)C(=O)O)nn1C. The lowest BCUT2D eigenvalue weighted by Gasteiger charge is -2.15. The Morgan fingerprint density at radius 1 is 1.53 bits per heavy atom. The molecule has 1 rings (SSSR count). The Bertz CT molecular complexity index is 378. The summed E-state index contributed by atoms with van der Waals surface area (Å²) in [5.41, 5.74) is 0.741. The standard InChI is InChI=1S/C11H18N2O2/c1-7(2)8-6-9(12-13(8)5)11(3,4)10(14)15/h6-7H,1-5H3,(H,14,15). The first kappa shape index (κ1) is 11.8. The van der Waals surface area contributed by atoms with Crippen LogP contribution >= 0.6 is 0 Å². The summed E-state index contributed by atoms with van der Waals surface area (Å²) in [5, 5.41) is 13.3. The van der Waals surface area contributed by atoms with Crippen molar-refractivity contribution in [2.75, 3.05) is 0 Å². The number of aryl methyl sites for hydroxylation is 1. The monoisotopic (exact) mass is 210 g/mol. The minimum atomic E-state index is -0.926. The van der Waals surface area contributed by atoms with Crippen LogP contribution in [0.15, 0.2) is 6.07 Å². The van der Waals surface area contributed by atoms with Crippen LogP contribution in [-0.2, 0) is 17.3 Å². The summed E-state index contributed by atoms with van der Waals surface area (Å²) >= 11 is 0. The second-order valence-electron chi connectivity index (χ2n) is 4.66. The lowest BCUT2D eigenvalue weighted by Crippen LogP contribution is -2.29. The molecule has 1 aromatic heterocycles. The van der Waals surface area contributed by atoms with Gasteiger partial charge in [0.05, 0.1) is 5.69 Å². The van der Waals surface area contributed by atoms with E-state index in [9.17, 15) is 4.79 Å². The molecule has 1 aromatic rings. The fourth-order valence-corrected chi connectivity index (χ4v) is 1.44. The van der Waals surface area contributed by atoms with Crippen molar-refractivity contribution in [2.24, 2.45) is 7.05 Å². The van der Waals surface area contributed by atoms with Crippen LogP contribution in [0, 0.1) is 0 Å². The van der Waals surface area contributed by atoms with Gasteiger partial charge in [-0.15, -0.1) is 0 Å². The Morgan fingerprint density at radius 3 is 2.40 bits per heavy atom. The van der Waals surface area contributed by atoms with E-state index >= 15 is 0 Å². The van der Waals surface area contributed by atoms with Gasteiger partial charge in [-0.05, 0) is 25.8 Å². The van der Waals surface area contributed by atoms with Crippen LogP contribution in [0.5, 0.6) is 0 Å². The van der Waals surface area contributed by atoms with Crippen LogP contribution in [0.25, 0.3) is 0 Å². The third-order valence-electron chi connectivity index (χ3n) is 2.68. The first-order valence-electron chi connectivity index (χ1n) is 5.04. The molecule has 4 nitrogen and oxygen atoms in total. The molecular weight excluding hydrogens is 192 g/mol. The van der Waals surface area contributed by atoms with Gasteiger partial charge >= 0.3 is 5.97 Å². The molecule has 0 fully saturated rings. The number of carbonyl (C=O) groups is 1. The molecule has 0 radical (unpaired) electrons. The van der Waals surface area contributed by atoms with E-state index in [1.165, 1.54) is 0 Å². The molecular formula is C11H18N2O2. The predicted octanol–water partition coefficient (Wildman–Crippen LogP) is 1.91. The molecule has 1 heterocycles. The van der Waals surface area contributed by atoms with Crippen LogP contribution in [0.1, 0.15) is 45.0 Å². The normalized spacial score (nSPS) is 12.1. The Morgan fingerprint density at radius 2 is 2.07 bits per heavy atom. The number of rotatable bonds is 3. The maximum Gasteiger partial charge on any atom is 0.315 e. The Hall–Kier alpha value is -1.32. The molecule has 15 heavy (non-hydrogen) atoms. The van der Waals surface area contributed by atoms with Crippen molar-refractivity contribution in [3.8, 4) is 0 Å². The summed E-state index contributed by atoms with van der Waals surface area (Å²) in [6.45, 7) is 7.46. The van der Waals surface area contributed by atoms with E-state index in [-0.39, 0.29) is 0 Å². The van der Waals surface area contributed by atoms with Crippen molar-refractivity contribution >= 4 is 5.97 Å². The van der Waals surface area contributed by atoms with Gasteiger partial charge in [0, 0.05) is 12.7 Å². The number of hydrogen-bond donors (Lipinski definition) is 1. The first-order chi connectivity index (χ1) is 6.76. The quantitative estimate of drug-likeness (QED) is 0.829. The van der Waals surface area contributed by atoms with Crippen LogP contribution in [0.2, 0.25) is 0 Å². The third-order valence-corrected chi connectivity index (χ3v) is 2.68. The number of nitrogens with zero attached hydrogens (tertiary/aromatic N) is 2.